The first kappa shape index (κ1) is 48.8. The average Bonchev–Trinajstić information content (AvgIpc) is 3.10. The molecule has 0 saturated carbocycles. The maximum Gasteiger partial charge on any atom is 0.219 e. The lowest BCUT2D eigenvalue weighted by Gasteiger charge is -2.16. The van der Waals surface area contributed by atoms with Gasteiger partial charge in [-0.05, 0) is 71.5 Å². The Bertz CT molecular complexity index is 664. The molecular weight excluding hydrogens is 622 g/mol. The molecule has 0 heterocycles. The van der Waals surface area contributed by atoms with Crippen LogP contribution in [-0.2, 0) is 9.59 Å². The topological polar surface area (TPSA) is 102 Å². The molecule has 298 valence electrons. The second kappa shape index (κ2) is 39.0. The van der Waals surface area contributed by atoms with Crippen LogP contribution in [0.1, 0.15) is 219 Å². The SMILES string of the molecule is CCCCCCC(O)CCCCCCCCCCC(=O)NCCCN(C)CCCNC(=O)CCCCCCCCCCC(O)CCCCCC. The van der Waals surface area contributed by atoms with Crippen LogP contribution < -0.4 is 10.6 Å². The standard InChI is InChI=1S/C43H87N3O4/c1-4-6-8-22-30-40(47)32-24-18-14-10-12-16-20-26-34-42(49)44-36-28-38-46(3)39-29-37-45-43(50)35-27-21-17-13-11-15-19-25-33-41(48)31-23-9-7-5-2/h40-41,47-48H,4-39H2,1-3H3,(H,44,49)(H,45,50). The molecule has 0 radical (unpaired) electrons. The van der Waals surface area contributed by atoms with E-state index in [0.29, 0.717) is 12.8 Å². The van der Waals surface area contributed by atoms with Crippen molar-refractivity contribution in [2.24, 2.45) is 0 Å². The van der Waals surface area contributed by atoms with Crippen LogP contribution in [0, 0.1) is 0 Å². The van der Waals surface area contributed by atoms with E-state index in [0.717, 1.165) is 103 Å². The Balaban J connectivity index is 3.42. The van der Waals surface area contributed by atoms with Crippen LogP contribution in [0.15, 0.2) is 0 Å². The zero-order valence-electron chi connectivity index (χ0n) is 33.8. The summed E-state index contributed by atoms with van der Waals surface area (Å²) >= 11 is 0. The Hall–Kier alpha value is -1.18. The fraction of sp³-hybridized carbons (Fsp3) is 0.953. The molecule has 50 heavy (non-hydrogen) atoms. The third kappa shape index (κ3) is 38.1. The van der Waals surface area contributed by atoms with Crippen molar-refractivity contribution >= 4 is 11.8 Å². The number of carbonyl (C=O) groups excluding carboxylic acids is 2. The molecule has 2 amide bonds. The molecule has 0 aliphatic heterocycles. The third-order valence-electron chi connectivity index (χ3n) is 10.2. The minimum absolute atomic E-state index is 0.0940. The number of hydrogen-bond acceptors (Lipinski definition) is 5. The largest absolute Gasteiger partial charge is 0.393 e. The number of nitrogens with one attached hydrogen (secondary N) is 2. The predicted octanol–water partition coefficient (Wildman–Crippen LogP) is 10.4. The van der Waals surface area contributed by atoms with E-state index in [9.17, 15) is 19.8 Å². The Morgan fingerprint density at radius 2 is 0.720 bits per heavy atom. The van der Waals surface area contributed by atoms with Gasteiger partial charge in [0, 0.05) is 25.9 Å². The summed E-state index contributed by atoms with van der Waals surface area (Å²) in [7, 11) is 2.11. The van der Waals surface area contributed by atoms with E-state index >= 15 is 0 Å². The summed E-state index contributed by atoms with van der Waals surface area (Å²) in [5.74, 6) is 0.360. The van der Waals surface area contributed by atoms with Crippen molar-refractivity contribution in [3.8, 4) is 0 Å². The molecule has 0 rings (SSSR count). The van der Waals surface area contributed by atoms with Crippen molar-refractivity contribution < 1.29 is 19.8 Å². The molecule has 0 spiro atoms. The fourth-order valence-corrected chi connectivity index (χ4v) is 6.80. The minimum Gasteiger partial charge on any atom is -0.393 e. The van der Waals surface area contributed by atoms with Gasteiger partial charge >= 0.3 is 0 Å². The number of aliphatic hydroxyl groups is 2. The summed E-state index contributed by atoms with van der Waals surface area (Å²) < 4.78 is 0. The van der Waals surface area contributed by atoms with Crippen molar-refractivity contribution in [2.45, 2.75) is 232 Å². The van der Waals surface area contributed by atoms with E-state index < -0.39 is 0 Å². The molecule has 0 aromatic rings. The summed E-state index contributed by atoms with van der Waals surface area (Å²) in [4.78, 5) is 26.6. The average molecular weight is 710 g/mol. The van der Waals surface area contributed by atoms with Crippen LogP contribution in [0.2, 0.25) is 0 Å². The quantitative estimate of drug-likeness (QED) is 0.0475. The van der Waals surface area contributed by atoms with E-state index in [4.69, 9.17) is 0 Å². The Labute approximate surface area is 311 Å². The molecule has 0 aliphatic carbocycles. The molecule has 4 N–H and O–H groups in total. The lowest BCUT2D eigenvalue weighted by atomic mass is 10.0. The molecule has 7 heteroatoms. The third-order valence-corrected chi connectivity index (χ3v) is 10.2. The molecule has 0 bridgehead atoms. The highest BCUT2D eigenvalue weighted by molar-refractivity contribution is 5.76. The normalized spacial score (nSPS) is 12.8. The number of nitrogens with zero attached hydrogens (tertiary/aromatic N) is 1. The number of rotatable bonds is 40. The number of amides is 2. The van der Waals surface area contributed by atoms with Crippen molar-refractivity contribution in [1.82, 2.24) is 15.5 Å². The van der Waals surface area contributed by atoms with Gasteiger partial charge in [-0.15, -0.1) is 0 Å². The molecule has 0 saturated heterocycles. The first-order chi connectivity index (χ1) is 24.4. The molecule has 7 nitrogen and oxygen atoms in total. The highest BCUT2D eigenvalue weighted by Gasteiger charge is 2.06. The highest BCUT2D eigenvalue weighted by atomic mass is 16.3. The van der Waals surface area contributed by atoms with Gasteiger partial charge in [0.25, 0.3) is 0 Å². The van der Waals surface area contributed by atoms with Crippen LogP contribution in [0.5, 0.6) is 0 Å². The zero-order valence-corrected chi connectivity index (χ0v) is 33.8. The number of aliphatic hydroxyl groups excluding tert-OH is 2. The minimum atomic E-state index is -0.0940. The second-order valence-corrected chi connectivity index (χ2v) is 15.5. The van der Waals surface area contributed by atoms with E-state index in [2.05, 4.69) is 36.4 Å². The highest BCUT2D eigenvalue weighted by Crippen LogP contribution is 2.16. The predicted molar refractivity (Wildman–Crippen MR) is 215 cm³/mol. The monoisotopic (exact) mass is 710 g/mol. The van der Waals surface area contributed by atoms with Crippen molar-refractivity contribution in [2.75, 3.05) is 33.2 Å². The van der Waals surface area contributed by atoms with Gasteiger partial charge in [-0.3, -0.25) is 9.59 Å². The Morgan fingerprint density at radius 3 is 1.04 bits per heavy atom. The smallest absolute Gasteiger partial charge is 0.219 e. The maximum atomic E-state index is 12.2. The molecule has 0 fully saturated rings. The molecule has 0 aromatic heterocycles. The summed E-state index contributed by atoms with van der Waals surface area (Å²) in [6, 6.07) is 0. The lowest BCUT2D eigenvalue weighted by Crippen LogP contribution is -2.30. The van der Waals surface area contributed by atoms with Crippen LogP contribution >= 0.6 is 0 Å². The number of unbranched alkanes of at least 4 members (excludes halogenated alkanes) is 20. The van der Waals surface area contributed by atoms with Crippen molar-refractivity contribution in [3.05, 3.63) is 0 Å². The van der Waals surface area contributed by atoms with E-state index in [1.54, 1.807) is 0 Å². The Morgan fingerprint density at radius 1 is 0.440 bits per heavy atom. The molecule has 2 unspecified atom stereocenters. The first-order valence-corrected chi connectivity index (χ1v) is 22.0. The molecule has 0 aromatic carbocycles. The fourth-order valence-electron chi connectivity index (χ4n) is 6.80. The van der Waals surface area contributed by atoms with Crippen LogP contribution in [0.25, 0.3) is 0 Å². The van der Waals surface area contributed by atoms with Crippen LogP contribution in [-0.4, -0.2) is 72.4 Å². The first-order valence-electron chi connectivity index (χ1n) is 22.0. The van der Waals surface area contributed by atoms with Crippen molar-refractivity contribution in [3.63, 3.8) is 0 Å². The van der Waals surface area contributed by atoms with Gasteiger partial charge in [0.1, 0.15) is 0 Å². The van der Waals surface area contributed by atoms with Crippen LogP contribution in [0.4, 0.5) is 0 Å². The van der Waals surface area contributed by atoms with Gasteiger partial charge in [-0.1, -0.05) is 155 Å². The number of hydrogen-bond donors (Lipinski definition) is 4. The van der Waals surface area contributed by atoms with Gasteiger partial charge in [0.2, 0.25) is 11.8 Å². The summed E-state index contributed by atoms with van der Waals surface area (Å²) in [5, 5.41) is 26.3. The van der Waals surface area contributed by atoms with Gasteiger partial charge < -0.3 is 25.7 Å². The van der Waals surface area contributed by atoms with E-state index in [1.165, 1.54) is 116 Å². The van der Waals surface area contributed by atoms with Gasteiger partial charge in [0.15, 0.2) is 0 Å². The maximum absolute atomic E-state index is 12.2. The second-order valence-electron chi connectivity index (χ2n) is 15.5. The van der Waals surface area contributed by atoms with Crippen LogP contribution in [0.3, 0.4) is 0 Å². The zero-order chi connectivity index (χ0) is 36.8. The molecule has 2 atom stereocenters. The van der Waals surface area contributed by atoms with Crippen molar-refractivity contribution in [1.29, 1.82) is 0 Å². The summed E-state index contributed by atoms with van der Waals surface area (Å²) in [5.41, 5.74) is 0. The lowest BCUT2D eigenvalue weighted by molar-refractivity contribution is -0.122. The van der Waals surface area contributed by atoms with Gasteiger partial charge in [0.05, 0.1) is 12.2 Å². The molecule has 0 aliphatic rings. The van der Waals surface area contributed by atoms with E-state index in [1.807, 2.05) is 0 Å². The summed E-state index contributed by atoms with van der Waals surface area (Å²) in [6.45, 7) is 7.82. The van der Waals surface area contributed by atoms with Gasteiger partial charge in [-0.2, -0.15) is 0 Å². The molecular formula is C43H87N3O4. The number of carbonyl (C=O) groups is 2. The van der Waals surface area contributed by atoms with E-state index in [-0.39, 0.29) is 24.0 Å². The Kier molecular flexibility index (Phi) is 38.1. The van der Waals surface area contributed by atoms with Gasteiger partial charge in [-0.25, -0.2) is 0 Å². The summed E-state index contributed by atoms with van der Waals surface area (Å²) in [6.07, 6.45) is 35.8.